The largest absolute Gasteiger partial charge is 0.389 e. The zero-order valence-electron chi connectivity index (χ0n) is 9.33. The molecule has 6 atom stereocenters. The molecule has 0 aromatic heterocycles. The lowest BCUT2D eigenvalue weighted by Gasteiger charge is -2.36. The van der Waals surface area contributed by atoms with E-state index in [4.69, 9.17) is 24.7 Å². The molecule has 0 radical (unpaired) electrons. The van der Waals surface area contributed by atoms with Crippen LogP contribution in [0.4, 0.5) is 0 Å². The molecule has 0 bridgehead atoms. The van der Waals surface area contributed by atoms with Gasteiger partial charge < -0.3 is 29.8 Å². The fourth-order valence-electron chi connectivity index (χ4n) is 2.54. The van der Waals surface area contributed by atoms with Gasteiger partial charge in [-0.25, -0.2) is 0 Å². The minimum Gasteiger partial charge on any atom is -0.389 e. The lowest BCUT2D eigenvalue weighted by Crippen LogP contribution is -2.58. The molecule has 1 unspecified atom stereocenters. The fraction of sp³-hybridized carbons (Fsp3) is 1.00. The number of rotatable bonds is 0. The van der Waals surface area contributed by atoms with Crippen molar-refractivity contribution in [1.82, 2.24) is 0 Å². The molecule has 0 spiro atoms. The molecular weight excluding hydrogens is 214 g/mol. The highest BCUT2D eigenvalue weighted by Gasteiger charge is 2.58. The van der Waals surface area contributed by atoms with Gasteiger partial charge in [-0.3, -0.25) is 0 Å². The summed E-state index contributed by atoms with van der Waals surface area (Å²) in [5.74, 6) is -0.649. The van der Waals surface area contributed by atoms with Gasteiger partial charge in [0.2, 0.25) is 0 Å². The summed E-state index contributed by atoms with van der Waals surface area (Å²) in [5.41, 5.74) is 5.87. The van der Waals surface area contributed by atoms with Crippen molar-refractivity contribution in [1.29, 1.82) is 0 Å². The van der Waals surface area contributed by atoms with Crippen molar-refractivity contribution in [2.75, 3.05) is 6.61 Å². The smallest absolute Gasteiger partial charge is 0.190 e. The van der Waals surface area contributed by atoms with E-state index in [1.165, 1.54) is 0 Å². The van der Waals surface area contributed by atoms with E-state index in [0.717, 1.165) is 0 Å². The van der Waals surface area contributed by atoms with E-state index in [9.17, 15) is 5.11 Å². The Morgan fingerprint density at radius 2 is 1.94 bits per heavy atom. The van der Waals surface area contributed by atoms with E-state index in [-0.39, 0.29) is 24.9 Å². The first kappa shape index (κ1) is 10.9. The van der Waals surface area contributed by atoms with Crippen molar-refractivity contribution in [2.45, 2.75) is 56.4 Å². The van der Waals surface area contributed by atoms with E-state index >= 15 is 0 Å². The van der Waals surface area contributed by atoms with Gasteiger partial charge >= 0.3 is 0 Å². The Bertz CT molecular complexity index is 297. The second-order valence-corrected chi connectivity index (χ2v) is 5.01. The molecule has 6 heteroatoms. The molecule has 0 aromatic carbocycles. The second kappa shape index (κ2) is 3.38. The first-order valence-electron chi connectivity index (χ1n) is 5.54. The van der Waals surface area contributed by atoms with Crippen LogP contribution in [0.2, 0.25) is 0 Å². The van der Waals surface area contributed by atoms with Crippen molar-refractivity contribution in [3.05, 3.63) is 0 Å². The van der Waals surface area contributed by atoms with Crippen LogP contribution >= 0.6 is 0 Å². The number of ether oxygens (including phenoxy) is 4. The Kier molecular flexibility index (Phi) is 2.30. The van der Waals surface area contributed by atoms with Gasteiger partial charge in [0.15, 0.2) is 12.1 Å². The normalized spacial score (nSPS) is 54.8. The molecule has 3 aliphatic rings. The molecule has 92 valence electrons. The van der Waals surface area contributed by atoms with Crippen LogP contribution in [0.1, 0.15) is 13.8 Å². The maximum Gasteiger partial charge on any atom is 0.190 e. The lowest BCUT2D eigenvalue weighted by molar-refractivity contribution is -0.235. The van der Waals surface area contributed by atoms with Crippen LogP contribution < -0.4 is 5.73 Å². The van der Waals surface area contributed by atoms with Crippen LogP contribution in [-0.4, -0.2) is 54.2 Å². The zero-order valence-corrected chi connectivity index (χ0v) is 9.33. The predicted molar refractivity (Wildman–Crippen MR) is 52.4 cm³/mol. The van der Waals surface area contributed by atoms with Crippen LogP contribution in [0.3, 0.4) is 0 Å². The monoisotopic (exact) mass is 231 g/mol. The summed E-state index contributed by atoms with van der Waals surface area (Å²) in [7, 11) is 0. The summed E-state index contributed by atoms with van der Waals surface area (Å²) in [6, 6.07) is -0.445. The first-order valence-corrected chi connectivity index (χ1v) is 5.54. The minimum absolute atomic E-state index is 0.221. The Morgan fingerprint density at radius 1 is 1.19 bits per heavy atom. The summed E-state index contributed by atoms with van der Waals surface area (Å²) in [4.78, 5) is 0. The molecule has 0 saturated carbocycles. The van der Waals surface area contributed by atoms with Crippen LogP contribution in [0.15, 0.2) is 0 Å². The first-order chi connectivity index (χ1) is 7.48. The summed E-state index contributed by atoms with van der Waals surface area (Å²) in [6.07, 6.45) is -1.98. The highest BCUT2D eigenvalue weighted by molar-refractivity contribution is 5.02. The number of fused-ring (bicyclic) bond motifs is 3. The van der Waals surface area contributed by atoms with Crippen molar-refractivity contribution < 1.29 is 24.1 Å². The van der Waals surface area contributed by atoms with E-state index < -0.39 is 24.2 Å². The van der Waals surface area contributed by atoms with Crippen LogP contribution in [0.25, 0.3) is 0 Å². The average molecular weight is 231 g/mol. The standard InChI is InChI=1S/C10H17NO5/c1-10(2)15-8-7-6(14-9(8)16-10)5(11)4(12)3-13-7/h4-9,12H,3,11H2,1-2H3/t4?,5-,6+,7-,8+,9+/m0/s1. The molecule has 0 aromatic rings. The molecule has 3 rings (SSSR count). The number of hydrogen-bond donors (Lipinski definition) is 2. The fourth-order valence-corrected chi connectivity index (χ4v) is 2.54. The minimum atomic E-state index is -0.687. The molecule has 3 N–H and O–H groups in total. The third kappa shape index (κ3) is 1.49. The topological polar surface area (TPSA) is 83.2 Å². The summed E-state index contributed by atoms with van der Waals surface area (Å²) >= 11 is 0. The molecule has 3 fully saturated rings. The summed E-state index contributed by atoms with van der Waals surface area (Å²) in [6.45, 7) is 3.89. The van der Waals surface area contributed by atoms with Crippen LogP contribution in [-0.2, 0) is 18.9 Å². The molecule has 0 aliphatic carbocycles. The Hall–Kier alpha value is -0.240. The highest BCUT2D eigenvalue weighted by atomic mass is 16.8. The third-order valence-electron chi connectivity index (χ3n) is 3.31. The SMILES string of the molecule is CC1(C)O[C@H]2O[C@H]3[C@H](OCC(O)[C@@H]3N)[C@H]2O1. The lowest BCUT2D eigenvalue weighted by atomic mass is 9.97. The Morgan fingerprint density at radius 3 is 2.69 bits per heavy atom. The average Bonchev–Trinajstić information content (AvgIpc) is 2.64. The van der Waals surface area contributed by atoms with E-state index in [1.54, 1.807) is 0 Å². The van der Waals surface area contributed by atoms with Gasteiger partial charge in [-0.15, -0.1) is 0 Å². The van der Waals surface area contributed by atoms with Crippen molar-refractivity contribution in [2.24, 2.45) is 5.73 Å². The second-order valence-electron chi connectivity index (χ2n) is 5.01. The molecule has 3 saturated heterocycles. The van der Waals surface area contributed by atoms with Gasteiger partial charge in [-0.05, 0) is 13.8 Å². The summed E-state index contributed by atoms with van der Waals surface area (Å²) < 4.78 is 22.5. The molecule has 0 amide bonds. The van der Waals surface area contributed by atoms with Crippen molar-refractivity contribution in [3.8, 4) is 0 Å². The van der Waals surface area contributed by atoms with Crippen LogP contribution in [0, 0.1) is 0 Å². The summed E-state index contributed by atoms with van der Waals surface area (Å²) in [5, 5.41) is 9.58. The van der Waals surface area contributed by atoms with Gasteiger partial charge in [0.1, 0.15) is 18.3 Å². The quantitative estimate of drug-likeness (QED) is 0.553. The van der Waals surface area contributed by atoms with Crippen molar-refractivity contribution >= 4 is 0 Å². The van der Waals surface area contributed by atoms with Gasteiger partial charge in [0.05, 0.1) is 18.8 Å². The number of hydrogen-bond acceptors (Lipinski definition) is 6. The van der Waals surface area contributed by atoms with Gasteiger partial charge in [-0.2, -0.15) is 0 Å². The highest BCUT2D eigenvalue weighted by Crippen LogP contribution is 2.40. The zero-order chi connectivity index (χ0) is 11.5. The van der Waals surface area contributed by atoms with E-state index in [1.807, 2.05) is 13.8 Å². The maximum atomic E-state index is 9.58. The number of aliphatic hydroxyl groups is 1. The molecule has 16 heavy (non-hydrogen) atoms. The third-order valence-corrected chi connectivity index (χ3v) is 3.31. The van der Waals surface area contributed by atoms with Crippen LogP contribution in [0.5, 0.6) is 0 Å². The van der Waals surface area contributed by atoms with Gasteiger partial charge in [-0.1, -0.05) is 0 Å². The Labute approximate surface area is 93.6 Å². The van der Waals surface area contributed by atoms with Gasteiger partial charge in [0, 0.05) is 0 Å². The molecule has 3 heterocycles. The van der Waals surface area contributed by atoms with E-state index in [0.29, 0.717) is 0 Å². The predicted octanol–water partition coefficient (Wildman–Crippen LogP) is -1.05. The van der Waals surface area contributed by atoms with Crippen molar-refractivity contribution in [3.63, 3.8) is 0 Å². The molecule has 6 nitrogen and oxygen atoms in total. The molecular formula is C10H17NO5. The maximum absolute atomic E-state index is 9.58. The Balaban J connectivity index is 1.79. The number of nitrogens with two attached hydrogens (primary N) is 1. The molecule has 3 aliphatic heterocycles. The van der Waals surface area contributed by atoms with E-state index in [2.05, 4.69) is 0 Å². The number of aliphatic hydroxyl groups excluding tert-OH is 1. The van der Waals surface area contributed by atoms with Gasteiger partial charge in [0.25, 0.3) is 0 Å².